The molecular formula is C7H6BrNO4S. The number of fused-ring (bicyclic) bond motifs is 3. The number of hydrogen-bond acceptors (Lipinski definition) is 5. The second-order valence-corrected chi connectivity index (χ2v) is 5.97. The summed E-state index contributed by atoms with van der Waals surface area (Å²) in [6, 6.07) is 0. The van der Waals surface area contributed by atoms with Crippen molar-refractivity contribution in [2.75, 3.05) is 5.75 Å². The number of rotatable bonds is 0. The predicted octanol–water partition coefficient (Wildman–Crippen LogP) is -0.372. The van der Waals surface area contributed by atoms with Crippen molar-refractivity contribution >= 4 is 39.6 Å². The van der Waals surface area contributed by atoms with Crippen molar-refractivity contribution in [1.82, 2.24) is 4.90 Å². The van der Waals surface area contributed by atoms with Gasteiger partial charge < -0.3 is 9.84 Å². The van der Waals surface area contributed by atoms with Crippen LogP contribution in [-0.4, -0.2) is 43.2 Å². The van der Waals surface area contributed by atoms with Crippen LogP contribution in [0, 0.1) is 0 Å². The highest BCUT2D eigenvalue weighted by atomic mass is 79.9. The zero-order chi connectivity index (χ0) is 10.1. The highest BCUT2D eigenvalue weighted by Gasteiger charge is 2.77. The minimum Gasteiger partial charge on any atom is -0.437 e. The first-order chi connectivity index (χ1) is 6.49. The van der Waals surface area contributed by atoms with Crippen LogP contribution in [0.2, 0.25) is 0 Å². The van der Waals surface area contributed by atoms with Crippen LogP contribution in [-0.2, 0) is 14.3 Å². The Labute approximate surface area is 91.9 Å². The van der Waals surface area contributed by atoms with Gasteiger partial charge in [0.1, 0.15) is 0 Å². The lowest BCUT2D eigenvalue weighted by Gasteiger charge is -2.62. The predicted molar refractivity (Wildman–Crippen MR) is 50.4 cm³/mol. The number of nitrogens with zero attached hydrogens (tertiary/aromatic N) is 1. The van der Waals surface area contributed by atoms with Crippen molar-refractivity contribution < 1.29 is 19.4 Å². The van der Waals surface area contributed by atoms with Gasteiger partial charge in [-0.2, -0.15) is 0 Å². The largest absolute Gasteiger partial charge is 0.437 e. The van der Waals surface area contributed by atoms with Crippen molar-refractivity contribution in [3.8, 4) is 0 Å². The Morgan fingerprint density at radius 3 is 2.86 bits per heavy atom. The Hall–Kier alpha value is -0.270. The van der Waals surface area contributed by atoms with E-state index in [1.807, 2.05) is 0 Å². The summed E-state index contributed by atoms with van der Waals surface area (Å²) in [5.74, 6) is -0.484. The van der Waals surface area contributed by atoms with Gasteiger partial charge in [-0.25, -0.2) is 4.79 Å². The lowest BCUT2D eigenvalue weighted by molar-refractivity contribution is -0.283. The van der Waals surface area contributed by atoms with E-state index in [0.717, 1.165) is 0 Å². The molecule has 0 bridgehead atoms. The Kier molecular flexibility index (Phi) is 1.46. The van der Waals surface area contributed by atoms with Crippen molar-refractivity contribution in [2.24, 2.45) is 0 Å². The number of β-lactam (4-membered cyclic amide) rings is 1. The number of halogens is 1. The molecule has 0 aliphatic carbocycles. The van der Waals surface area contributed by atoms with Gasteiger partial charge in [0.05, 0.1) is 17.5 Å². The highest BCUT2D eigenvalue weighted by molar-refractivity contribution is 9.10. The summed E-state index contributed by atoms with van der Waals surface area (Å²) in [6.45, 7) is 0. The number of alkyl halides is 1. The molecule has 0 unspecified atom stereocenters. The fourth-order valence-electron chi connectivity index (χ4n) is 1.92. The van der Waals surface area contributed by atoms with Gasteiger partial charge in [0.2, 0.25) is 10.4 Å². The summed E-state index contributed by atoms with van der Waals surface area (Å²) in [4.78, 5) is 23.7. The SMILES string of the molecule is O=C1C[C@H]2SC[C@@]3(Br)OC(=O)[C@]3(O)N12. The number of thioether (sulfide) groups is 1. The third-order valence-electron chi connectivity index (χ3n) is 2.78. The topological polar surface area (TPSA) is 66.8 Å². The molecule has 7 heteroatoms. The fourth-order valence-corrected chi connectivity index (χ4v) is 4.16. The van der Waals surface area contributed by atoms with Crippen LogP contribution >= 0.6 is 27.7 Å². The third-order valence-corrected chi connectivity index (χ3v) is 5.48. The molecule has 0 saturated carbocycles. The number of carbonyl (C=O) groups is 2. The van der Waals surface area contributed by atoms with E-state index in [9.17, 15) is 14.7 Å². The number of ether oxygens (including phenoxy) is 1. The van der Waals surface area contributed by atoms with E-state index in [2.05, 4.69) is 15.9 Å². The lowest BCUT2D eigenvalue weighted by Crippen LogP contribution is -2.84. The van der Waals surface area contributed by atoms with Gasteiger partial charge in [0.25, 0.3) is 5.72 Å². The molecule has 1 N–H and O–H groups in total. The summed E-state index contributed by atoms with van der Waals surface area (Å²) in [6.07, 6.45) is 0.392. The summed E-state index contributed by atoms with van der Waals surface area (Å²) in [5.41, 5.74) is -1.78. The second kappa shape index (κ2) is 2.28. The van der Waals surface area contributed by atoms with Crippen LogP contribution in [0.3, 0.4) is 0 Å². The molecule has 76 valence electrons. The first-order valence-electron chi connectivity index (χ1n) is 4.07. The average molecular weight is 280 g/mol. The minimum atomic E-state index is -1.78. The summed E-state index contributed by atoms with van der Waals surface area (Å²) in [5, 5.41) is 10.0. The Bertz CT molecular complexity index is 364. The van der Waals surface area contributed by atoms with E-state index in [1.54, 1.807) is 0 Å². The van der Waals surface area contributed by atoms with Crippen molar-refractivity contribution in [1.29, 1.82) is 0 Å². The average Bonchev–Trinajstić information content (AvgIpc) is 2.10. The summed E-state index contributed by atoms with van der Waals surface area (Å²) >= 11 is 4.66. The van der Waals surface area contributed by atoms with Gasteiger partial charge in [-0.1, -0.05) is 0 Å². The molecule has 3 fully saturated rings. The van der Waals surface area contributed by atoms with Crippen LogP contribution in [0.1, 0.15) is 6.42 Å². The fraction of sp³-hybridized carbons (Fsp3) is 0.714. The van der Waals surface area contributed by atoms with Crippen LogP contribution in [0.25, 0.3) is 0 Å². The first kappa shape index (κ1) is 8.99. The molecule has 1 amide bonds. The van der Waals surface area contributed by atoms with Crippen LogP contribution in [0.5, 0.6) is 0 Å². The number of amides is 1. The van der Waals surface area contributed by atoms with Gasteiger partial charge in [-0.15, -0.1) is 11.8 Å². The van der Waals surface area contributed by atoms with Gasteiger partial charge in [-0.3, -0.25) is 9.69 Å². The van der Waals surface area contributed by atoms with E-state index in [0.29, 0.717) is 12.2 Å². The number of esters is 1. The highest BCUT2D eigenvalue weighted by Crippen LogP contribution is 2.56. The molecule has 3 heterocycles. The van der Waals surface area contributed by atoms with E-state index in [-0.39, 0.29) is 11.3 Å². The number of aliphatic hydroxyl groups is 1. The number of hydrogen-bond donors (Lipinski definition) is 1. The van der Waals surface area contributed by atoms with Gasteiger partial charge in [0.15, 0.2) is 0 Å². The maximum atomic E-state index is 11.3. The minimum absolute atomic E-state index is 0.0778. The van der Waals surface area contributed by atoms with Crippen LogP contribution < -0.4 is 0 Å². The van der Waals surface area contributed by atoms with E-state index in [4.69, 9.17) is 4.74 Å². The van der Waals surface area contributed by atoms with Crippen LogP contribution in [0.15, 0.2) is 0 Å². The van der Waals surface area contributed by atoms with Crippen molar-refractivity contribution in [2.45, 2.75) is 22.0 Å². The molecule has 0 aromatic rings. The zero-order valence-electron chi connectivity index (χ0n) is 6.90. The molecule has 3 saturated heterocycles. The molecule has 14 heavy (non-hydrogen) atoms. The molecule has 0 aromatic heterocycles. The monoisotopic (exact) mass is 279 g/mol. The third kappa shape index (κ3) is 0.706. The standard InChI is InChI=1S/C7H6BrNO4S/c8-6-2-14-4-1-3(10)9(4)7(6,12)5(11)13-6/h4,12H,1-2H2/t4-,6-,7-/m1/s1. The zero-order valence-corrected chi connectivity index (χ0v) is 9.30. The Morgan fingerprint density at radius 1 is 1.64 bits per heavy atom. The molecular weight excluding hydrogens is 274 g/mol. The Morgan fingerprint density at radius 2 is 2.36 bits per heavy atom. The first-order valence-corrected chi connectivity index (χ1v) is 5.92. The molecule has 0 aromatic carbocycles. The van der Waals surface area contributed by atoms with E-state index >= 15 is 0 Å². The summed E-state index contributed by atoms with van der Waals surface area (Å²) in [7, 11) is 0. The van der Waals surface area contributed by atoms with Crippen molar-refractivity contribution in [3.63, 3.8) is 0 Å². The second-order valence-electron chi connectivity index (χ2n) is 3.52. The van der Waals surface area contributed by atoms with Gasteiger partial charge in [0, 0.05) is 0 Å². The molecule has 3 atom stereocenters. The maximum absolute atomic E-state index is 11.3. The summed E-state index contributed by atoms with van der Waals surface area (Å²) < 4.78 is 3.74. The molecule has 3 rings (SSSR count). The lowest BCUT2D eigenvalue weighted by atomic mass is 9.95. The molecule has 0 radical (unpaired) electrons. The van der Waals surface area contributed by atoms with Crippen LogP contribution in [0.4, 0.5) is 0 Å². The molecule has 5 nitrogen and oxygen atoms in total. The maximum Gasteiger partial charge on any atom is 0.367 e. The van der Waals surface area contributed by atoms with Gasteiger partial charge in [-0.05, 0) is 15.9 Å². The molecule has 3 aliphatic rings. The van der Waals surface area contributed by atoms with E-state index < -0.39 is 16.2 Å². The molecule has 0 spiro atoms. The smallest absolute Gasteiger partial charge is 0.367 e. The van der Waals surface area contributed by atoms with E-state index in [1.165, 1.54) is 16.7 Å². The molecule has 3 aliphatic heterocycles. The van der Waals surface area contributed by atoms with Gasteiger partial charge >= 0.3 is 5.97 Å². The normalized spacial score (nSPS) is 49.9. The number of carbonyl (C=O) groups excluding carboxylic acids is 2. The quantitative estimate of drug-likeness (QED) is 0.372. The van der Waals surface area contributed by atoms with Crippen molar-refractivity contribution in [3.05, 3.63) is 0 Å². The Balaban J connectivity index is 2.04.